The van der Waals surface area contributed by atoms with Gasteiger partial charge in [-0.05, 0) is 13.8 Å². The highest BCUT2D eigenvalue weighted by Crippen LogP contribution is 2.15. The van der Waals surface area contributed by atoms with Crippen LogP contribution in [0.25, 0.3) is 0 Å². The summed E-state index contributed by atoms with van der Waals surface area (Å²) in [6, 6.07) is 0. The van der Waals surface area contributed by atoms with E-state index in [0.29, 0.717) is 13.2 Å². The maximum Gasteiger partial charge on any atom is 0.227 e. The molecule has 0 aliphatic rings. The number of rotatable bonds is 6. The van der Waals surface area contributed by atoms with Crippen LogP contribution in [-0.4, -0.2) is 39.1 Å². The van der Waals surface area contributed by atoms with Crippen LogP contribution in [0.3, 0.4) is 0 Å². The Morgan fingerprint density at radius 2 is 1.81 bits per heavy atom. The van der Waals surface area contributed by atoms with Crippen molar-refractivity contribution in [3.8, 4) is 0 Å². The molecule has 0 saturated carbocycles. The van der Waals surface area contributed by atoms with E-state index in [4.69, 9.17) is 4.74 Å². The summed E-state index contributed by atoms with van der Waals surface area (Å²) in [6.45, 7) is 6.01. The summed E-state index contributed by atoms with van der Waals surface area (Å²) < 4.78 is 5.38. The third kappa shape index (κ3) is 4.61. The van der Waals surface area contributed by atoms with Crippen molar-refractivity contribution in [3.05, 3.63) is 0 Å². The highest BCUT2D eigenvalue weighted by atomic mass is 16.5. The van der Waals surface area contributed by atoms with Crippen molar-refractivity contribution >= 4 is 11.8 Å². The highest BCUT2D eigenvalue weighted by molar-refractivity contribution is 5.81. The van der Waals surface area contributed by atoms with Gasteiger partial charge in [0.05, 0.1) is 24.5 Å². The normalized spacial score (nSPS) is 13.1. The molecule has 0 radical (unpaired) electrons. The van der Waals surface area contributed by atoms with E-state index in [2.05, 4.69) is 10.6 Å². The van der Waals surface area contributed by atoms with Gasteiger partial charge in [0.2, 0.25) is 11.8 Å². The zero-order valence-electron chi connectivity index (χ0n) is 10.7. The molecule has 0 aliphatic heterocycles. The SMILES string of the molecule is CNC(=O)C(C)COCC(C)(C)C(=O)NC. The van der Waals surface area contributed by atoms with Gasteiger partial charge in [0.15, 0.2) is 0 Å². The Kier molecular flexibility index (Phi) is 6.03. The lowest BCUT2D eigenvalue weighted by molar-refractivity contribution is -0.133. The number of hydrogen-bond acceptors (Lipinski definition) is 3. The molecule has 94 valence electrons. The van der Waals surface area contributed by atoms with Gasteiger partial charge in [0.1, 0.15) is 0 Å². The molecule has 1 unspecified atom stereocenters. The van der Waals surface area contributed by atoms with Crippen molar-refractivity contribution in [1.29, 1.82) is 0 Å². The van der Waals surface area contributed by atoms with Gasteiger partial charge in [-0.25, -0.2) is 0 Å². The molecule has 1 atom stereocenters. The Hall–Kier alpha value is -1.10. The summed E-state index contributed by atoms with van der Waals surface area (Å²) in [5.74, 6) is -0.330. The maximum atomic E-state index is 11.4. The lowest BCUT2D eigenvalue weighted by Gasteiger charge is -2.23. The summed E-state index contributed by atoms with van der Waals surface area (Å²) in [6.07, 6.45) is 0. The summed E-state index contributed by atoms with van der Waals surface area (Å²) in [5, 5.41) is 5.13. The Morgan fingerprint density at radius 1 is 1.25 bits per heavy atom. The van der Waals surface area contributed by atoms with Gasteiger partial charge >= 0.3 is 0 Å². The molecule has 0 heterocycles. The second kappa shape index (κ2) is 6.48. The lowest BCUT2D eigenvalue weighted by atomic mass is 9.94. The third-order valence-corrected chi connectivity index (χ3v) is 2.37. The highest BCUT2D eigenvalue weighted by Gasteiger charge is 2.27. The molecule has 0 saturated heterocycles. The molecule has 5 heteroatoms. The number of ether oxygens (including phenoxy) is 1. The third-order valence-electron chi connectivity index (χ3n) is 2.37. The van der Waals surface area contributed by atoms with Gasteiger partial charge in [-0.2, -0.15) is 0 Å². The lowest BCUT2D eigenvalue weighted by Crippen LogP contribution is -2.39. The Morgan fingerprint density at radius 3 is 2.25 bits per heavy atom. The summed E-state index contributed by atoms with van der Waals surface area (Å²) >= 11 is 0. The van der Waals surface area contributed by atoms with E-state index in [1.807, 2.05) is 0 Å². The van der Waals surface area contributed by atoms with E-state index < -0.39 is 5.41 Å². The predicted molar refractivity (Wildman–Crippen MR) is 61.9 cm³/mol. The first kappa shape index (κ1) is 14.9. The zero-order valence-corrected chi connectivity index (χ0v) is 10.7. The molecule has 0 aliphatic carbocycles. The second-order valence-electron chi connectivity index (χ2n) is 4.49. The van der Waals surface area contributed by atoms with Crippen LogP contribution in [0.1, 0.15) is 20.8 Å². The number of hydrogen-bond donors (Lipinski definition) is 2. The van der Waals surface area contributed by atoms with E-state index in [1.54, 1.807) is 34.9 Å². The van der Waals surface area contributed by atoms with Crippen LogP contribution < -0.4 is 10.6 Å². The van der Waals surface area contributed by atoms with Gasteiger partial charge in [-0.3, -0.25) is 9.59 Å². The first-order valence-electron chi connectivity index (χ1n) is 5.36. The van der Waals surface area contributed by atoms with E-state index in [9.17, 15) is 9.59 Å². The largest absolute Gasteiger partial charge is 0.380 e. The molecule has 2 amide bonds. The fourth-order valence-electron chi connectivity index (χ4n) is 1.22. The molecule has 5 nitrogen and oxygen atoms in total. The van der Waals surface area contributed by atoms with E-state index in [1.165, 1.54) is 0 Å². The van der Waals surface area contributed by atoms with Crippen molar-refractivity contribution in [1.82, 2.24) is 10.6 Å². The van der Waals surface area contributed by atoms with Crippen molar-refractivity contribution in [3.63, 3.8) is 0 Å². The summed E-state index contributed by atoms with van der Waals surface area (Å²) in [7, 11) is 3.19. The number of carbonyl (C=O) groups is 2. The molecule has 0 fully saturated rings. The van der Waals surface area contributed by atoms with Crippen LogP contribution in [0.2, 0.25) is 0 Å². The van der Waals surface area contributed by atoms with Crippen LogP contribution in [0, 0.1) is 11.3 Å². The van der Waals surface area contributed by atoms with Crippen LogP contribution in [0.4, 0.5) is 0 Å². The van der Waals surface area contributed by atoms with Gasteiger partial charge in [-0.15, -0.1) is 0 Å². The Bertz CT molecular complexity index is 252. The van der Waals surface area contributed by atoms with E-state index in [0.717, 1.165) is 0 Å². The molecular formula is C11H22N2O3. The minimum absolute atomic E-state index is 0.0576. The van der Waals surface area contributed by atoms with Gasteiger partial charge in [0, 0.05) is 14.1 Å². The fraction of sp³-hybridized carbons (Fsp3) is 0.818. The van der Waals surface area contributed by atoms with Crippen molar-refractivity contribution in [2.24, 2.45) is 11.3 Å². The first-order valence-corrected chi connectivity index (χ1v) is 5.36. The summed E-state index contributed by atoms with van der Waals surface area (Å²) in [4.78, 5) is 22.6. The Labute approximate surface area is 96.9 Å². The molecule has 16 heavy (non-hydrogen) atoms. The van der Waals surface area contributed by atoms with E-state index in [-0.39, 0.29) is 17.7 Å². The molecular weight excluding hydrogens is 208 g/mol. The molecule has 0 aromatic rings. The van der Waals surface area contributed by atoms with Gasteiger partial charge in [-0.1, -0.05) is 6.92 Å². The van der Waals surface area contributed by atoms with Gasteiger partial charge in [0.25, 0.3) is 0 Å². The van der Waals surface area contributed by atoms with Crippen molar-refractivity contribution in [2.75, 3.05) is 27.3 Å². The average molecular weight is 230 g/mol. The average Bonchev–Trinajstić information content (AvgIpc) is 2.26. The topological polar surface area (TPSA) is 67.4 Å². The first-order chi connectivity index (χ1) is 7.35. The maximum absolute atomic E-state index is 11.4. The minimum atomic E-state index is -0.572. The molecule has 2 N–H and O–H groups in total. The van der Waals surface area contributed by atoms with E-state index >= 15 is 0 Å². The second-order valence-corrected chi connectivity index (χ2v) is 4.49. The monoisotopic (exact) mass is 230 g/mol. The number of carbonyl (C=O) groups excluding carboxylic acids is 2. The predicted octanol–water partition coefficient (Wildman–Crippen LogP) is 0.157. The standard InChI is InChI=1S/C11H22N2O3/c1-8(9(14)12-4)6-16-7-11(2,3)10(15)13-5/h8H,6-7H2,1-5H3,(H,12,14)(H,13,15). The van der Waals surface area contributed by atoms with Crippen LogP contribution in [-0.2, 0) is 14.3 Å². The molecule has 0 bridgehead atoms. The minimum Gasteiger partial charge on any atom is -0.380 e. The molecule has 0 spiro atoms. The van der Waals surface area contributed by atoms with Crippen LogP contribution in [0.5, 0.6) is 0 Å². The quantitative estimate of drug-likeness (QED) is 0.683. The van der Waals surface area contributed by atoms with Gasteiger partial charge < -0.3 is 15.4 Å². The fourth-order valence-corrected chi connectivity index (χ4v) is 1.22. The number of nitrogens with one attached hydrogen (secondary N) is 2. The van der Waals surface area contributed by atoms with Crippen LogP contribution >= 0.6 is 0 Å². The number of amides is 2. The molecule has 0 aromatic carbocycles. The smallest absolute Gasteiger partial charge is 0.227 e. The summed E-state index contributed by atoms with van der Waals surface area (Å²) in [5.41, 5.74) is -0.572. The molecule has 0 aromatic heterocycles. The van der Waals surface area contributed by atoms with Crippen LogP contribution in [0.15, 0.2) is 0 Å². The van der Waals surface area contributed by atoms with Crippen molar-refractivity contribution in [2.45, 2.75) is 20.8 Å². The Balaban J connectivity index is 3.98. The van der Waals surface area contributed by atoms with Crippen molar-refractivity contribution < 1.29 is 14.3 Å². The molecule has 0 rings (SSSR count). The zero-order chi connectivity index (χ0) is 12.8.